The number of carbonyl (C=O) groups excluding carboxylic acids is 1. The highest BCUT2D eigenvalue weighted by atomic mass is 16.2. The Morgan fingerprint density at radius 1 is 1.19 bits per heavy atom. The first-order valence-corrected chi connectivity index (χ1v) is 8.40. The summed E-state index contributed by atoms with van der Waals surface area (Å²) in [4.78, 5) is 15.0. The van der Waals surface area contributed by atoms with E-state index in [-0.39, 0.29) is 5.91 Å². The molecule has 0 spiro atoms. The van der Waals surface area contributed by atoms with Gasteiger partial charge >= 0.3 is 0 Å². The summed E-state index contributed by atoms with van der Waals surface area (Å²) in [6, 6.07) is 8.63. The second-order valence-electron chi connectivity index (χ2n) is 6.35. The van der Waals surface area contributed by atoms with Gasteiger partial charge in [0.1, 0.15) is 0 Å². The topological polar surface area (TPSA) is 32.3 Å². The van der Waals surface area contributed by atoms with Gasteiger partial charge in [0.05, 0.1) is 0 Å². The quantitative estimate of drug-likeness (QED) is 0.926. The van der Waals surface area contributed by atoms with Gasteiger partial charge in [-0.3, -0.25) is 4.79 Å². The summed E-state index contributed by atoms with van der Waals surface area (Å²) < 4.78 is 0. The Bertz CT molecular complexity index is 476. The summed E-state index contributed by atoms with van der Waals surface area (Å²) in [5.74, 6) is 0.923. The number of carbonyl (C=O) groups is 1. The number of benzene rings is 1. The van der Waals surface area contributed by atoms with Gasteiger partial charge in [-0.2, -0.15) is 0 Å². The van der Waals surface area contributed by atoms with Gasteiger partial charge in [-0.25, -0.2) is 0 Å². The molecule has 0 aliphatic carbocycles. The van der Waals surface area contributed by atoms with Gasteiger partial charge in [-0.1, -0.05) is 19.1 Å². The van der Waals surface area contributed by atoms with Crippen LogP contribution < -0.4 is 5.32 Å². The van der Waals surface area contributed by atoms with Crippen molar-refractivity contribution in [2.45, 2.75) is 45.1 Å². The number of amides is 1. The molecule has 1 aromatic carbocycles. The predicted molar refractivity (Wildman–Crippen MR) is 85.5 cm³/mol. The van der Waals surface area contributed by atoms with Crippen LogP contribution in [0.3, 0.4) is 0 Å². The van der Waals surface area contributed by atoms with Gasteiger partial charge < -0.3 is 10.2 Å². The first-order valence-electron chi connectivity index (χ1n) is 8.40. The van der Waals surface area contributed by atoms with E-state index in [0.717, 1.165) is 38.0 Å². The van der Waals surface area contributed by atoms with Crippen molar-refractivity contribution in [3.05, 3.63) is 35.4 Å². The molecule has 3 nitrogen and oxygen atoms in total. The smallest absolute Gasteiger partial charge is 0.254 e. The highest BCUT2D eigenvalue weighted by Gasteiger charge is 2.35. The van der Waals surface area contributed by atoms with Crippen molar-refractivity contribution in [2.75, 3.05) is 19.6 Å². The van der Waals surface area contributed by atoms with Crippen molar-refractivity contribution >= 4 is 5.91 Å². The van der Waals surface area contributed by atoms with Crippen molar-refractivity contribution in [3.8, 4) is 0 Å². The summed E-state index contributed by atoms with van der Waals surface area (Å²) in [5, 5.41) is 3.42. The van der Waals surface area contributed by atoms with Crippen molar-refractivity contribution < 1.29 is 4.79 Å². The van der Waals surface area contributed by atoms with E-state index in [1.807, 2.05) is 12.1 Å². The summed E-state index contributed by atoms with van der Waals surface area (Å²) in [6.07, 6.45) is 5.79. The minimum atomic E-state index is 0.235. The van der Waals surface area contributed by atoms with E-state index in [2.05, 4.69) is 29.3 Å². The Labute approximate surface area is 127 Å². The van der Waals surface area contributed by atoms with Crippen molar-refractivity contribution in [1.82, 2.24) is 10.2 Å². The zero-order chi connectivity index (χ0) is 14.7. The van der Waals surface area contributed by atoms with E-state index >= 15 is 0 Å². The van der Waals surface area contributed by atoms with Gasteiger partial charge in [0, 0.05) is 18.2 Å². The SMILES string of the molecule is CCc1ccc(C(=O)N2CCCC2C2CCNCC2)cc1. The first-order chi connectivity index (χ1) is 10.3. The Morgan fingerprint density at radius 2 is 1.90 bits per heavy atom. The molecule has 1 unspecified atom stereocenters. The van der Waals surface area contributed by atoms with Crippen molar-refractivity contribution in [2.24, 2.45) is 5.92 Å². The fourth-order valence-corrected chi connectivity index (χ4v) is 3.81. The second kappa shape index (κ2) is 6.61. The molecule has 1 N–H and O–H groups in total. The van der Waals surface area contributed by atoms with Gasteiger partial charge in [0.2, 0.25) is 0 Å². The molecule has 1 atom stereocenters. The van der Waals surface area contributed by atoms with Crippen LogP contribution in [0.25, 0.3) is 0 Å². The lowest BCUT2D eigenvalue weighted by Gasteiger charge is -2.34. The third-order valence-electron chi connectivity index (χ3n) is 5.10. The van der Waals surface area contributed by atoms with E-state index in [4.69, 9.17) is 0 Å². The van der Waals surface area contributed by atoms with Gasteiger partial charge in [0.25, 0.3) is 5.91 Å². The molecule has 114 valence electrons. The third-order valence-corrected chi connectivity index (χ3v) is 5.10. The number of likely N-dealkylation sites (tertiary alicyclic amines) is 1. The lowest BCUT2D eigenvalue weighted by atomic mass is 9.88. The Balaban J connectivity index is 1.72. The van der Waals surface area contributed by atoms with Crippen molar-refractivity contribution in [1.29, 1.82) is 0 Å². The number of nitrogens with one attached hydrogen (secondary N) is 1. The first kappa shape index (κ1) is 14.6. The number of piperidine rings is 1. The molecular weight excluding hydrogens is 260 g/mol. The van der Waals surface area contributed by atoms with Crippen LogP contribution >= 0.6 is 0 Å². The van der Waals surface area contributed by atoms with Crippen LogP contribution in [0.2, 0.25) is 0 Å². The van der Waals surface area contributed by atoms with Crippen LogP contribution in [0.15, 0.2) is 24.3 Å². The Morgan fingerprint density at radius 3 is 2.57 bits per heavy atom. The van der Waals surface area contributed by atoms with Crippen LogP contribution in [0.5, 0.6) is 0 Å². The highest BCUT2D eigenvalue weighted by molar-refractivity contribution is 5.94. The number of aryl methyl sites for hydroxylation is 1. The molecule has 0 bridgehead atoms. The zero-order valence-corrected chi connectivity index (χ0v) is 13.0. The lowest BCUT2D eigenvalue weighted by molar-refractivity contribution is 0.0666. The van der Waals surface area contributed by atoms with Crippen LogP contribution in [-0.4, -0.2) is 36.5 Å². The second-order valence-corrected chi connectivity index (χ2v) is 6.35. The minimum absolute atomic E-state index is 0.235. The van der Waals surface area contributed by atoms with Crippen molar-refractivity contribution in [3.63, 3.8) is 0 Å². The Hall–Kier alpha value is -1.35. The molecule has 0 aromatic heterocycles. The molecular formula is C18H26N2O. The fraction of sp³-hybridized carbons (Fsp3) is 0.611. The van der Waals surface area contributed by atoms with Crippen LogP contribution in [-0.2, 0) is 6.42 Å². The average Bonchev–Trinajstić information content (AvgIpc) is 3.04. The lowest BCUT2D eigenvalue weighted by Crippen LogP contribution is -2.43. The van der Waals surface area contributed by atoms with Gasteiger partial charge in [0.15, 0.2) is 0 Å². The molecule has 2 aliphatic heterocycles. The van der Waals surface area contributed by atoms with Gasteiger partial charge in [-0.05, 0) is 68.8 Å². The minimum Gasteiger partial charge on any atom is -0.335 e. The van der Waals surface area contributed by atoms with Crippen LogP contribution in [0.1, 0.15) is 48.5 Å². The van der Waals surface area contributed by atoms with Gasteiger partial charge in [-0.15, -0.1) is 0 Å². The van der Waals surface area contributed by atoms with E-state index in [9.17, 15) is 4.79 Å². The molecule has 3 heteroatoms. The van der Waals surface area contributed by atoms with E-state index in [1.54, 1.807) is 0 Å². The largest absolute Gasteiger partial charge is 0.335 e. The maximum absolute atomic E-state index is 12.8. The molecule has 2 saturated heterocycles. The monoisotopic (exact) mass is 286 g/mol. The molecule has 21 heavy (non-hydrogen) atoms. The maximum Gasteiger partial charge on any atom is 0.254 e. The molecule has 0 radical (unpaired) electrons. The zero-order valence-electron chi connectivity index (χ0n) is 13.0. The fourth-order valence-electron chi connectivity index (χ4n) is 3.81. The summed E-state index contributed by atoms with van der Waals surface area (Å²) >= 11 is 0. The summed E-state index contributed by atoms with van der Waals surface area (Å²) in [6.45, 7) is 5.29. The van der Waals surface area contributed by atoms with E-state index < -0.39 is 0 Å². The van der Waals surface area contributed by atoms with Crippen LogP contribution in [0, 0.1) is 5.92 Å². The predicted octanol–water partition coefficient (Wildman–Crippen LogP) is 2.85. The van der Waals surface area contributed by atoms with Crippen LogP contribution in [0.4, 0.5) is 0 Å². The number of nitrogens with zero attached hydrogens (tertiary/aromatic N) is 1. The van der Waals surface area contributed by atoms with E-state index in [0.29, 0.717) is 12.0 Å². The molecule has 0 saturated carbocycles. The Kier molecular flexibility index (Phi) is 4.59. The number of hydrogen-bond donors (Lipinski definition) is 1. The molecule has 2 fully saturated rings. The average molecular weight is 286 g/mol. The third kappa shape index (κ3) is 3.13. The standard InChI is InChI=1S/C18H26N2O/c1-2-14-5-7-16(8-6-14)18(21)20-13-3-4-17(20)15-9-11-19-12-10-15/h5-8,15,17,19H,2-4,9-13H2,1H3. The normalized spacial score (nSPS) is 23.5. The van der Waals surface area contributed by atoms with E-state index in [1.165, 1.54) is 24.8 Å². The summed E-state index contributed by atoms with van der Waals surface area (Å²) in [7, 11) is 0. The molecule has 2 heterocycles. The number of hydrogen-bond acceptors (Lipinski definition) is 2. The number of rotatable bonds is 3. The molecule has 1 aromatic rings. The maximum atomic E-state index is 12.8. The summed E-state index contributed by atoms with van der Waals surface area (Å²) in [5.41, 5.74) is 2.15. The highest BCUT2D eigenvalue weighted by Crippen LogP contribution is 2.30. The molecule has 3 rings (SSSR count). The molecule has 1 amide bonds. The molecule has 2 aliphatic rings.